The van der Waals surface area contributed by atoms with Crippen LogP contribution in [-0.4, -0.2) is 24.1 Å². The highest BCUT2D eigenvalue weighted by molar-refractivity contribution is 7.79. The highest BCUT2D eigenvalue weighted by Gasteiger charge is 2.23. The van der Waals surface area contributed by atoms with Gasteiger partial charge in [0.15, 0.2) is 0 Å². The lowest BCUT2D eigenvalue weighted by Crippen LogP contribution is -2.23. The van der Waals surface area contributed by atoms with Gasteiger partial charge in [-0.15, -0.1) is 0 Å². The predicted octanol–water partition coefficient (Wildman–Crippen LogP) is 2.70. The molecule has 0 aromatic heterocycles. The van der Waals surface area contributed by atoms with Gasteiger partial charge in [-0.25, -0.2) is 0 Å². The molecule has 1 N–H and O–H groups in total. The summed E-state index contributed by atoms with van der Waals surface area (Å²) in [5.41, 5.74) is 1.94. The van der Waals surface area contributed by atoms with Gasteiger partial charge in [0.25, 0.3) is 0 Å². The Morgan fingerprint density at radius 1 is 1.44 bits per heavy atom. The number of fused-ring (bicyclic) bond motifs is 1. The summed E-state index contributed by atoms with van der Waals surface area (Å²) in [4.78, 5) is 0. The van der Waals surface area contributed by atoms with Crippen molar-refractivity contribution in [1.82, 2.24) is 0 Å². The van der Waals surface area contributed by atoms with E-state index >= 15 is 0 Å². The minimum absolute atomic E-state index is 0.221. The topological polar surface area (TPSA) is 29.5 Å². The molecule has 88 valence electrons. The van der Waals surface area contributed by atoms with Crippen LogP contribution in [0.15, 0.2) is 30.3 Å². The third kappa shape index (κ3) is 2.88. The van der Waals surface area contributed by atoms with Crippen molar-refractivity contribution in [3.63, 3.8) is 0 Å². The highest BCUT2D eigenvalue weighted by Crippen LogP contribution is 2.29. The molecule has 0 fully saturated rings. The Bertz CT molecular complexity index is 368. The molecule has 0 saturated carbocycles. The van der Waals surface area contributed by atoms with Crippen LogP contribution in [0.5, 0.6) is 0 Å². The van der Waals surface area contributed by atoms with Crippen molar-refractivity contribution >= 4 is 18.7 Å². The largest absolute Gasteiger partial charge is 0.385 e. The molecule has 16 heavy (non-hydrogen) atoms. The zero-order valence-electron chi connectivity index (χ0n) is 10.3. The number of ether oxygens (including phenoxy) is 1. The fraction of sp³-hybridized carbons (Fsp3) is 0.385. The van der Waals surface area contributed by atoms with Crippen LogP contribution in [0.25, 0.3) is 6.08 Å². The van der Waals surface area contributed by atoms with Gasteiger partial charge in [-0.3, -0.25) is 0 Å². The summed E-state index contributed by atoms with van der Waals surface area (Å²) in [6, 6.07) is 7.72. The molecule has 1 aromatic rings. The number of thiol groups is 1. The first-order valence-electron chi connectivity index (χ1n) is 5.84. The van der Waals surface area contributed by atoms with Gasteiger partial charge in [-0.1, -0.05) is 36.4 Å². The molecule has 0 bridgehead atoms. The van der Waals surface area contributed by atoms with Gasteiger partial charge in [0.2, 0.25) is 0 Å². The molecule has 0 unspecified atom stereocenters. The van der Waals surface area contributed by atoms with E-state index in [0.29, 0.717) is 6.61 Å². The summed E-state index contributed by atoms with van der Waals surface area (Å²) < 4.78 is 12.4. The van der Waals surface area contributed by atoms with E-state index in [9.17, 15) is 5.11 Å². The minimum atomic E-state index is -0.613. The maximum absolute atomic E-state index is 10.0. The first kappa shape index (κ1) is 11.7. The van der Waals surface area contributed by atoms with Crippen LogP contribution in [-0.2, 0) is 4.74 Å². The lowest BCUT2D eigenvalue weighted by molar-refractivity contribution is -0.00669. The number of rotatable bonds is 2. The molecule has 0 radical (unpaired) electrons. The Morgan fingerprint density at radius 2 is 2.19 bits per heavy atom. The molecule has 1 aliphatic rings. The van der Waals surface area contributed by atoms with E-state index in [1.807, 2.05) is 36.4 Å². The summed E-state index contributed by atoms with van der Waals surface area (Å²) in [5, 5.41) is 10.0. The van der Waals surface area contributed by atoms with E-state index in [0.717, 1.165) is 11.1 Å². The Hall–Kier alpha value is -0.770. The maximum atomic E-state index is 10.0. The number of benzene rings is 1. The van der Waals surface area contributed by atoms with Crippen LogP contribution >= 0.6 is 12.6 Å². The molecule has 0 aliphatic heterocycles. The van der Waals surface area contributed by atoms with Crippen molar-refractivity contribution < 1.29 is 11.2 Å². The lowest BCUT2D eigenvalue weighted by atomic mass is 9.93. The molecule has 1 aliphatic carbocycles. The van der Waals surface area contributed by atoms with Crippen molar-refractivity contribution in [2.45, 2.75) is 19.1 Å². The molecule has 0 spiro atoms. The number of hydrogen-bond donors (Lipinski definition) is 2. The summed E-state index contributed by atoms with van der Waals surface area (Å²) in [6.45, 7) is 0.576. The Kier molecular flexibility index (Phi) is 4.93. The molecule has 0 amide bonds. The fourth-order valence-electron chi connectivity index (χ4n) is 1.70. The molecule has 3 heteroatoms. The van der Waals surface area contributed by atoms with Crippen LogP contribution < -0.4 is 0 Å². The molecule has 0 saturated heterocycles. The van der Waals surface area contributed by atoms with E-state index in [-0.39, 0.29) is 13.0 Å². The normalized spacial score (nSPS) is 22.8. The van der Waals surface area contributed by atoms with Crippen LogP contribution in [0.1, 0.15) is 25.5 Å². The van der Waals surface area contributed by atoms with Crippen molar-refractivity contribution in [2.24, 2.45) is 0 Å². The molecule has 2 atom stereocenters. The average molecular weight is 240 g/mol. The Balaban J connectivity index is 0.000000686. The number of hydrogen-bond acceptors (Lipinski definition) is 3. The van der Waals surface area contributed by atoms with E-state index in [1.165, 1.54) is 0 Å². The molecule has 2 rings (SSSR count). The molecule has 0 heterocycles. The highest BCUT2D eigenvalue weighted by atomic mass is 32.1. The van der Waals surface area contributed by atoms with Gasteiger partial charge in [0.05, 0.1) is 0 Å². The van der Waals surface area contributed by atoms with Crippen LogP contribution in [0, 0.1) is 0 Å². The van der Waals surface area contributed by atoms with Gasteiger partial charge in [-0.05, 0) is 24.3 Å². The van der Waals surface area contributed by atoms with E-state index < -0.39 is 6.10 Å². The average Bonchev–Trinajstić information content (AvgIpc) is 2.41. The summed E-state index contributed by atoms with van der Waals surface area (Å²) >= 11 is 3.53. The summed E-state index contributed by atoms with van der Waals surface area (Å²) in [5.74, 6) is 0. The quantitative estimate of drug-likeness (QED) is 0.778. The zero-order chi connectivity index (χ0) is 12.7. The van der Waals surface area contributed by atoms with Crippen LogP contribution in [0.4, 0.5) is 0 Å². The predicted molar refractivity (Wildman–Crippen MR) is 70.8 cm³/mol. The summed E-state index contributed by atoms with van der Waals surface area (Å²) in [6.07, 6.45) is 4.57. The Labute approximate surface area is 104 Å². The smallest absolute Gasteiger partial charge is 0.109 e. The molecular weight excluding hydrogens is 220 g/mol. The summed E-state index contributed by atoms with van der Waals surface area (Å²) in [7, 11) is 0. The van der Waals surface area contributed by atoms with Crippen molar-refractivity contribution in [3.8, 4) is 0 Å². The monoisotopic (exact) mass is 240 g/mol. The van der Waals surface area contributed by atoms with Crippen molar-refractivity contribution in [3.05, 3.63) is 41.5 Å². The third-order valence-electron chi connectivity index (χ3n) is 2.40. The second-order valence-electron chi connectivity index (χ2n) is 3.27. The van der Waals surface area contributed by atoms with Crippen LogP contribution in [0.2, 0.25) is 0 Å². The number of aliphatic hydroxyl groups is 1. The van der Waals surface area contributed by atoms with Gasteiger partial charge in [-0.2, -0.15) is 12.6 Å². The molecule has 1 aromatic carbocycles. The van der Waals surface area contributed by atoms with E-state index in [1.54, 1.807) is 6.26 Å². The first-order valence-corrected chi connectivity index (χ1v) is 6.03. The molecule has 2 nitrogen and oxygen atoms in total. The standard InChI is InChI=1S/C12H14O2.CH4S/c1-2-14-11-8-7-9-5-3-4-6-10(9)12(11)13;1-2/h3-8,11-13H,2H2,1H3;2H,1H3/t11-,12-;/m0./s1/i1T;. The minimum Gasteiger partial charge on any atom is -0.385 e. The van der Waals surface area contributed by atoms with Gasteiger partial charge < -0.3 is 9.84 Å². The SMILES string of the molecule is CS.[3H]CCO[C@H]1C=Cc2ccccc2[C@@H]1O. The van der Waals surface area contributed by atoms with Crippen LogP contribution in [0.3, 0.4) is 0 Å². The second-order valence-corrected chi connectivity index (χ2v) is 3.27. The fourth-order valence-corrected chi connectivity index (χ4v) is 1.70. The first-order chi connectivity index (χ1) is 8.33. The van der Waals surface area contributed by atoms with E-state index in [4.69, 9.17) is 6.11 Å². The van der Waals surface area contributed by atoms with Gasteiger partial charge >= 0.3 is 0 Å². The molecular formula is C13H18O2S. The van der Waals surface area contributed by atoms with E-state index in [2.05, 4.69) is 12.6 Å². The van der Waals surface area contributed by atoms with Gasteiger partial charge in [0, 0.05) is 7.98 Å². The van der Waals surface area contributed by atoms with Crippen molar-refractivity contribution in [1.29, 1.82) is 0 Å². The maximum Gasteiger partial charge on any atom is 0.109 e. The zero-order valence-corrected chi connectivity index (χ0v) is 10.2. The second kappa shape index (κ2) is 6.74. The Morgan fingerprint density at radius 3 is 2.94 bits per heavy atom. The van der Waals surface area contributed by atoms with Gasteiger partial charge in [0.1, 0.15) is 12.2 Å². The third-order valence-corrected chi connectivity index (χ3v) is 2.40. The lowest BCUT2D eigenvalue weighted by Gasteiger charge is -2.25. The van der Waals surface area contributed by atoms with Crippen molar-refractivity contribution in [2.75, 3.05) is 12.9 Å². The number of aliphatic hydroxyl groups excluding tert-OH is 1.